The van der Waals surface area contributed by atoms with Crippen molar-refractivity contribution in [3.8, 4) is 0 Å². The number of benzene rings is 1. The van der Waals surface area contributed by atoms with Crippen molar-refractivity contribution in [1.82, 2.24) is 15.2 Å². The number of hydrogen-bond acceptors (Lipinski definition) is 4. The molecule has 138 valence electrons. The number of nitrogens with one attached hydrogen (secondary N) is 1. The van der Waals surface area contributed by atoms with E-state index in [1.165, 1.54) is 11.1 Å². The minimum absolute atomic E-state index is 0.0814. The minimum atomic E-state index is 0.0814. The summed E-state index contributed by atoms with van der Waals surface area (Å²) in [6.45, 7) is 8.21. The molecule has 0 bridgehead atoms. The number of piperazine rings is 1. The van der Waals surface area contributed by atoms with Crippen LogP contribution in [0.4, 0.5) is 5.82 Å². The first-order valence-corrected chi connectivity index (χ1v) is 9.40. The Morgan fingerprint density at radius 2 is 1.85 bits per heavy atom. The van der Waals surface area contributed by atoms with Gasteiger partial charge in [-0.3, -0.25) is 9.69 Å². The van der Waals surface area contributed by atoms with Gasteiger partial charge in [-0.1, -0.05) is 42.8 Å². The van der Waals surface area contributed by atoms with E-state index in [1.807, 2.05) is 24.4 Å². The average Bonchev–Trinajstić information content (AvgIpc) is 2.68. The van der Waals surface area contributed by atoms with Gasteiger partial charge in [-0.25, -0.2) is 4.98 Å². The Morgan fingerprint density at radius 3 is 2.46 bits per heavy atom. The van der Waals surface area contributed by atoms with Gasteiger partial charge in [0, 0.05) is 32.4 Å². The van der Waals surface area contributed by atoms with Gasteiger partial charge in [0.15, 0.2) is 0 Å². The molecule has 1 N–H and O–H groups in total. The van der Waals surface area contributed by atoms with Gasteiger partial charge in [0.1, 0.15) is 5.82 Å². The van der Waals surface area contributed by atoms with Crippen molar-refractivity contribution >= 4 is 11.7 Å². The molecular formula is C21H28N4O. The number of aromatic nitrogens is 1. The lowest BCUT2D eigenvalue weighted by atomic mass is 10.0. The molecule has 0 unspecified atom stereocenters. The van der Waals surface area contributed by atoms with E-state index in [0.29, 0.717) is 6.54 Å². The summed E-state index contributed by atoms with van der Waals surface area (Å²) in [6.07, 6.45) is 2.72. The summed E-state index contributed by atoms with van der Waals surface area (Å²) in [5, 5.41) is 3.19. The maximum Gasteiger partial charge on any atom is 0.234 e. The summed E-state index contributed by atoms with van der Waals surface area (Å²) in [6, 6.07) is 14.5. The van der Waals surface area contributed by atoms with Crippen molar-refractivity contribution in [2.45, 2.75) is 26.3 Å². The standard InChI is InChI=1S/C21H28N4O/c1-3-19(18-9-7-17(2)8-10-18)23-21(26)16-24-12-14-25(15-13-24)20-6-4-5-11-22-20/h4-11,19H,3,12-16H2,1-2H3,(H,23,26)/t19-/m0/s1. The zero-order chi connectivity index (χ0) is 18.4. The van der Waals surface area contributed by atoms with Gasteiger partial charge in [-0.2, -0.15) is 0 Å². The molecule has 1 aromatic heterocycles. The molecule has 1 saturated heterocycles. The molecule has 26 heavy (non-hydrogen) atoms. The van der Waals surface area contributed by atoms with E-state index in [9.17, 15) is 4.79 Å². The van der Waals surface area contributed by atoms with Gasteiger partial charge in [-0.15, -0.1) is 0 Å². The molecule has 1 atom stereocenters. The number of rotatable bonds is 6. The van der Waals surface area contributed by atoms with Crippen LogP contribution in [0.3, 0.4) is 0 Å². The normalized spacial score (nSPS) is 16.3. The molecule has 0 saturated carbocycles. The fraction of sp³-hybridized carbons (Fsp3) is 0.429. The van der Waals surface area contributed by atoms with Crippen molar-refractivity contribution in [2.75, 3.05) is 37.6 Å². The number of aryl methyl sites for hydroxylation is 1. The largest absolute Gasteiger partial charge is 0.354 e. The molecule has 2 aromatic rings. The highest BCUT2D eigenvalue weighted by Gasteiger charge is 2.21. The maximum atomic E-state index is 12.5. The van der Waals surface area contributed by atoms with E-state index in [1.54, 1.807) is 0 Å². The molecule has 0 aliphatic carbocycles. The molecule has 2 heterocycles. The average molecular weight is 352 g/mol. The van der Waals surface area contributed by atoms with Crippen LogP contribution < -0.4 is 10.2 Å². The first-order chi connectivity index (χ1) is 12.7. The summed E-state index contributed by atoms with van der Waals surface area (Å²) in [5.74, 6) is 1.12. The second-order valence-corrected chi connectivity index (χ2v) is 6.89. The van der Waals surface area contributed by atoms with E-state index < -0.39 is 0 Å². The van der Waals surface area contributed by atoms with Crippen molar-refractivity contribution in [2.24, 2.45) is 0 Å². The zero-order valence-electron chi connectivity index (χ0n) is 15.7. The van der Waals surface area contributed by atoms with Crippen LogP contribution in [0, 0.1) is 6.92 Å². The van der Waals surface area contributed by atoms with E-state index in [0.717, 1.165) is 38.4 Å². The Balaban J connectivity index is 1.48. The van der Waals surface area contributed by atoms with Crippen LogP contribution in [0.2, 0.25) is 0 Å². The van der Waals surface area contributed by atoms with Crippen molar-refractivity contribution in [3.63, 3.8) is 0 Å². The quantitative estimate of drug-likeness (QED) is 0.868. The van der Waals surface area contributed by atoms with E-state index >= 15 is 0 Å². The number of carbonyl (C=O) groups excluding carboxylic acids is 1. The number of anilines is 1. The fourth-order valence-corrected chi connectivity index (χ4v) is 3.34. The third kappa shape index (κ3) is 4.82. The molecule has 5 heteroatoms. The number of amides is 1. The molecule has 5 nitrogen and oxygen atoms in total. The number of carbonyl (C=O) groups is 1. The van der Waals surface area contributed by atoms with Gasteiger partial charge in [0.05, 0.1) is 12.6 Å². The molecule has 1 fully saturated rings. The van der Waals surface area contributed by atoms with Gasteiger partial charge < -0.3 is 10.2 Å². The lowest BCUT2D eigenvalue weighted by molar-refractivity contribution is -0.123. The summed E-state index contributed by atoms with van der Waals surface area (Å²) in [5.41, 5.74) is 2.41. The van der Waals surface area contributed by atoms with E-state index in [2.05, 4.69) is 58.2 Å². The van der Waals surface area contributed by atoms with Crippen LogP contribution in [-0.4, -0.2) is 48.5 Å². The molecule has 1 aliphatic rings. The fourth-order valence-electron chi connectivity index (χ4n) is 3.34. The summed E-state index contributed by atoms with van der Waals surface area (Å²) < 4.78 is 0. The van der Waals surface area contributed by atoms with Crippen LogP contribution in [-0.2, 0) is 4.79 Å². The monoisotopic (exact) mass is 352 g/mol. The molecular weight excluding hydrogens is 324 g/mol. The Bertz CT molecular complexity index is 694. The predicted octanol–water partition coefficient (Wildman–Crippen LogP) is 2.78. The topological polar surface area (TPSA) is 48.5 Å². The highest BCUT2D eigenvalue weighted by Crippen LogP contribution is 2.17. The SMILES string of the molecule is CC[C@H](NC(=O)CN1CCN(c2ccccn2)CC1)c1ccc(C)cc1. The van der Waals surface area contributed by atoms with Gasteiger partial charge in [-0.05, 0) is 31.0 Å². The van der Waals surface area contributed by atoms with Crippen molar-refractivity contribution in [1.29, 1.82) is 0 Å². The number of hydrogen-bond donors (Lipinski definition) is 1. The van der Waals surface area contributed by atoms with Gasteiger partial charge >= 0.3 is 0 Å². The lowest BCUT2D eigenvalue weighted by Gasteiger charge is -2.35. The van der Waals surface area contributed by atoms with Gasteiger partial charge in [0.25, 0.3) is 0 Å². The Labute approximate surface area is 156 Å². The van der Waals surface area contributed by atoms with Crippen molar-refractivity contribution < 1.29 is 4.79 Å². The summed E-state index contributed by atoms with van der Waals surface area (Å²) >= 11 is 0. The van der Waals surface area contributed by atoms with Crippen LogP contribution in [0.15, 0.2) is 48.7 Å². The van der Waals surface area contributed by atoms with E-state index in [4.69, 9.17) is 0 Å². The highest BCUT2D eigenvalue weighted by molar-refractivity contribution is 5.78. The molecule has 0 spiro atoms. The molecule has 1 amide bonds. The molecule has 1 aliphatic heterocycles. The summed E-state index contributed by atoms with van der Waals surface area (Å²) in [7, 11) is 0. The van der Waals surface area contributed by atoms with Crippen LogP contribution in [0.1, 0.15) is 30.5 Å². The summed E-state index contributed by atoms with van der Waals surface area (Å²) in [4.78, 5) is 21.4. The third-order valence-corrected chi connectivity index (χ3v) is 4.94. The Kier molecular flexibility index (Phi) is 6.23. The second kappa shape index (κ2) is 8.81. The second-order valence-electron chi connectivity index (χ2n) is 6.89. The predicted molar refractivity (Wildman–Crippen MR) is 105 cm³/mol. The van der Waals surface area contributed by atoms with E-state index in [-0.39, 0.29) is 11.9 Å². The molecule has 3 rings (SSSR count). The van der Waals surface area contributed by atoms with Gasteiger partial charge in [0.2, 0.25) is 5.91 Å². The Morgan fingerprint density at radius 1 is 1.12 bits per heavy atom. The highest BCUT2D eigenvalue weighted by atomic mass is 16.2. The van der Waals surface area contributed by atoms with Crippen LogP contribution >= 0.6 is 0 Å². The molecule has 0 radical (unpaired) electrons. The zero-order valence-corrected chi connectivity index (χ0v) is 15.7. The Hall–Kier alpha value is -2.40. The van der Waals surface area contributed by atoms with Crippen molar-refractivity contribution in [3.05, 3.63) is 59.8 Å². The van der Waals surface area contributed by atoms with Crippen LogP contribution in [0.5, 0.6) is 0 Å². The third-order valence-electron chi connectivity index (χ3n) is 4.94. The minimum Gasteiger partial charge on any atom is -0.354 e. The number of pyridine rings is 1. The maximum absolute atomic E-state index is 12.5. The lowest BCUT2D eigenvalue weighted by Crippen LogP contribution is -2.50. The first kappa shape index (κ1) is 18.4. The first-order valence-electron chi connectivity index (χ1n) is 9.40. The van der Waals surface area contributed by atoms with Crippen LogP contribution in [0.25, 0.3) is 0 Å². The number of nitrogens with zero attached hydrogens (tertiary/aromatic N) is 3. The molecule has 1 aromatic carbocycles. The smallest absolute Gasteiger partial charge is 0.234 e.